The van der Waals surface area contributed by atoms with Gasteiger partial charge in [-0.3, -0.25) is 4.79 Å². The third kappa shape index (κ3) is 4.66. The van der Waals surface area contributed by atoms with Crippen LogP contribution in [0.25, 0.3) is 0 Å². The summed E-state index contributed by atoms with van der Waals surface area (Å²) in [5, 5.41) is 7.86. The molecule has 0 spiro atoms. The number of carbonyl (C=O) groups excluding carboxylic acids is 1. The van der Waals surface area contributed by atoms with Gasteiger partial charge in [0.1, 0.15) is 5.60 Å². The third-order valence-corrected chi connectivity index (χ3v) is 2.80. The molecule has 0 bridgehead atoms. The summed E-state index contributed by atoms with van der Waals surface area (Å²) < 4.78 is 18.0. The van der Waals surface area contributed by atoms with Crippen LogP contribution < -0.4 is 0 Å². The van der Waals surface area contributed by atoms with Gasteiger partial charge >= 0.3 is 5.97 Å². The summed E-state index contributed by atoms with van der Waals surface area (Å²) in [7, 11) is 0. The summed E-state index contributed by atoms with van der Waals surface area (Å²) in [5.41, 5.74) is -0.563. The van der Waals surface area contributed by atoms with Crippen molar-refractivity contribution in [2.75, 3.05) is 0 Å². The van der Waals surface area contributed by atoms with Crippen molar-refractivity contribution >= 4 is 17.6 Å². The van der Waals surface area contributed by atoms with E-state index in [4.69, 9.17) is 16.3 Å². The molecule has 5 heteroatoms. The molecule has 16 heavy (non-hydrogen) atoms. The van der Waals surface area contributed by atoms with Crippen LogP contribution in [0, 0.1) is 5.92 Å². The Morgan fingerprint density at radius 2 is 2.19 bits per heavy atom. The Kier molecular flexibility index (Phi) is 3.85. The maximum Gasteiger partial charge on any atom is 0.308 e. The predicted octanol–water partition coefficient (Wildman–Crippen LogP) is 2.39. The first-order chi connectivity index (χ1) is 7.10. The van der Waals surface area contributed by atoms with Crippen LogP contribution in [0.2, 0.25) is 0 Å². The minimum atomic E-state index is -1.67. The number of aliphatic hydroxyl groups excluding tert-OH is 1. The van der Waals surface area contributed by atoms with Crippen LogP contribution in [-0.4, -0.2) is 27.9 Å². The number of carbonyl (C=O) groups is 1. The Hall–Kier alpha value is -0.350. The zero-order chi connectivity index (χ0) is 12.6. The van der Waals surface area contributed by atoms with Crippen molar-refractivity contribution in [3.8, 4) is 0 Å². The van der Waals surface area contributed by atoms with Gasteiger partial charge in [0.25, 0.3) is 0 Å². The summed E-state index contributed by atoms with van der Waals surface area (Å²) in [4.78, 5) is 11.3. The summed E-state index contributed by atoms with van der Waals surface area (Å²) in [6.45, 7) is 5.26. The average molecular weight is 253 g/mol. The Morgan fingerprint density at radius 1 is 1.69 bits per heavy atom. The molecule has 1 aliphatic carbocycles. The minimum Gasteiger partial charge on any atom is -0.460 e. The van der Waals surface area contributed by atoms with Gasteiger partial charge in [0.15, 0.2) is 5.13 Å². The van der Waals surface area contributed by atoms with Crippen molar-refractivity contribution in [3.63, 3.8) is 0 Å². The summed E-state index contributed by atoms with van der Waals surface area (Å²) in [6, 6.07) is 0. The van der Waals surface area contributed by atoms with E-state index in [9.17, 15) is 14.3 Å². The molecule has 0 aromatic heterocycles. The molecule has 1 N–H and O–H groups in total. The first-order valence-electron chi connectivity index (χ1n) is 5.38. The quantitative estimate of drug-likeness (QED) is 0.617. The fourth-order valence-electron chi connectivity index (χ4n) is 1.51. The third-order valence-electron chi connectivity index (χ3n) is 2.33. The van der Waals surface area contributed by atoms with E-state index in [1.54, 1.807) is 20.8 Å². The number of esters is 1. The van der Waals surface area contributed by atoms with Gasteiger partial charge in [-0.25, -0.2) is 4.39 Å². The lowest BCUT2D eigenvalue weighted by atomic mass is 10.1. The van der Waals surface area contributed by atoms with Crippen LogP contribution in [0.15, 0.2) is 0 Å². The normalized spacial score (nSPS) is 31.0. The van der Waals surface area contributed by atoms with E-state index in [-0.39, 0.29) is 25.2 Å². The van der Waals surface area contributed by atoms with Crippen molar-refractivity contribution in [2.24, 2.45) is 5.92 Å². The Morgan fingerprint density at radius 3 is 2.56 bits per heavy atom. The molecular formula is C11H18ClFO3. The number of aliphatic hydroxyl groups is 1. The molecule has 0 heterocycles. The molecule has 0 aliphatic heterocycles. The molecule has 0 aromatic carbocycles. The Balaban J connectivity index is 2.24. The highest BCUT2D eigenvalue weighted by Crippen LogP contribution is 2.53. The number of rotatable bonds is 4. The topological polar surface area (TPSA) is 46.5 Å². The number of hydrogen-bond acceptors (Lipinski definition) is 3. The van der Waals surface area contributed by atoms with Crippen LogP contribution in [0.3, 0.4) is 0 Å². The number of ether oxygens (including phenoxy) is 1. The molecule has 1 saturated carbocycles. The zero-order valence-electron chi connectivity index (χ0n) is 9.80. The van der Waals surface area contributed by atoms with E-state index in [2.05, 4.69) is 0 Å². The first kappa shape index (κ1) is 13.7. The lowest BCUT2D eigenvalue weighted by Gasteiger charge is -2.20. The number of halogens is 2. The zero-order valence-corrected chi connectivity index (χ0v) is 10.6. The van der Waals surface area contributed by atoms with E-state index in [1.807, 2.05) is 0 Å². The molecule has 3 nitrogen and oxygen atoms in total. The highest BCUT2D eigenvalue weighted by atomic mass is 35.5. The minimum absolute atomic E-state index is 0.110. The molecule has 1 rings (SSSR count). The lowest BCUT2D eigenvalue weighted by Crippen LogP contribution is -2.26. The smallest absolute Gasteiger partial charge is 0.308 e. The van der Waals surface area contributed by atoms with Crippen LogP contribution in [-0.2, 0) is 9.53 Å². The highest BCUT2D eigenvalue weighted by molar-refractivity contribution is 6.25. The van der Waals surface area contributed by atoms with Crippen molar-refractivity contribution in [2.45, 2.75) is 56.9 Å². The van der Waals surface area contributed by atoms with E-state index < -0.39 is 22.8 Å². The molecule has 3 atom stereocenters. The van der Waals surface area contributed by atoms with Crippen LogP contribution in [0.5, 0.6) is 0 Å². The molecule has 0 amide bonds. The van der Waals surface area contributed by atoms with Gasteiger partial charge < -0.3 is 9.84 Å². The van der Waals surface area contributed by atoms with Crippen molar-refractivity contribution in [1.82, 2.24) is 0 Å². The maximum absolute atomic E-state index is 13.0. The molecule has 0 aromatic rings. The average Bonchev–Trinajstić information content (AvgIpc) is 2.52. The van der Waals surface area contributed by atoms with Gasteiger partial charge in [-0.2, -0.15) is 0 Å². The number of alkyl halides is 2. The fourth-order valence-corrected chi connectivity index (χ4v) is 1.79. The van der Waals surface area contributed by atoms with Crippen molar-refractivity contribution in [1.29, 1.82) is 0 Å². The summed E-state index contributed by atoms with van der Waals surface area (Å²) in [6.07, 6.45) is -0.531. The van der Waals surface area contributed by atoms with Crippen LogP contribution >= 0.6 is 11.6 Å². The second-order valence-corrected chi connectivity index (χ2v) is 5.97. The molecule has 1 fully saturated rings. The van der Waals surface area contributed by atoms with Gasteiger partial charge in [0, 0.05) is 12.3 Å². The molecule has 1 aliphatic rings. The second-order valence-electron chi connectivity index (χ2n) is 5.34. The van der Waals surface area contributed by atoms with Gasteiger partial charge in [-0.15, -0.1) is 0 Å². The van der Waals surface area contributed by atoms with Gasteiger partial charge in [-0.05, 0) is 27.2 Å². The van der Waals surface area contributed by atoms with Gasteiger partial charge in [0.05, 0.1) is 12.5 Å². The van der Waals surface area contributed by atoms with Crippen LogP contribution in [0.1, 0.15) is 40.0 Å². The van der Waals surface area contributed by atoms with Gasteiger partial charge in [-0.1, -0.05) is 11.6 Å². The predicted molar refractivity (Wildman–Crippen MR) is 58.9 cm³/mol. The molecule has 94 valence electrons. The summed E-state index contributed by atoms with van der Waals surface area (Å²) in [5.74, 6) is -0.814. The first-order valence-corrected chi connectivity index (χ1v) is 5.76. The van der Waals surface area contributed by atoms with E-state index in [0.717, 1.165) is 0 Å². The standard InChI is InChI=1S/C11H18ClFO3/c1-10(2,3)16-9(15)5-8(14)4-7-6-11(7,12)13/h7-8,14H,4-6H2,1-3H3. The Labute approximate surface area is 99.9 Å². The largest absolute Gasteiger partial charge is 0.460 e. The molecule has 0 radical (unpaired) electrons. The summed E-state index contributed by atoms with van der Waals surface area (Å²) >= 11 is 5.40. The maximum atomic E-state index is 13.0. The second kappa shape index (κ2) is 4.49. The van der Waals surface area contributed by atoms with Crippen molar-refractivity contribution < 1.29 is 19.0 Å². The van der Waals surface area contributed by atoms with Crippen molar-refractivity contribution in [3.05, 3.63) is 0 Å². The fraction of sp³-hybridized carbons (Fsp3) is 0.909. The van der Waals surface area contributed by atoms with E-state index >= 15 is 0 Å². The monoisotopic (exact) mass is 252 g/mol. The highest BCUT2D eigenvalue weighted by Gasteiger charge is 2.54. The van der Waals surface area contributed by atoms with Gasteiger partial charge in [0.2, 0.25) is 0 Å². The van der Waals surface area contributed by atoms with E-state index in [0.29, 0.717) is 0 Å². The Bertz CT molecular complexity index is 273. The number of hydrogen-bond donors (Lipinski definition) is 1. The van der Waals surface area contributed by atoms with E-state index in [1.165, 1.54) is 0 Å². The molecule has 3 unspecified atom stereocenters. The lowest BCUT2D eigenvalue weighted by molar-refractivity contribution is -0.157. The van der Waals surface area contributed by atoms with Crippen LogP contribution in [0.4, 0.5) is 4.39 Å². The SMILES string of the molecule is CC(C)(C)OC(=O)CC(O)CC1CC1(F)Cl. The molecule has 0 saturated heterocycles. The molecular weight excluding hydrogens is 235 g/mol.